The van der Waals surface area contributed by atoms with Crippen LogP contribution in [0.25, 0.3) is 0 Å². The Labute approximate surface area is 123 Å². The van der Waals surface area contributed by atoms with E-state index in [0.717, 1.165) is 44.9 Å². The molecule has 0 radical (unpaired) electrons. The molecule has 0 saturated carbocycles. The van der Waals surface area contributed by atoms with E-state index >= 15 is 0 Å². The molecule has 0 aliphatic carbocycles. The summed E-state index contributed by atoms with van der Waals surface area (Å²) in [6.07, 6.45) is 2.10. The Balaban J connectivity index is 2.37. The minimum absolute atomic E-state index is 0.256. The Hall–Kier alpha value is -1.06. The lowest BCUT2D eigenvalue weighted by Crippen LogP contribution is -2.30. The molecule has 0 fully saturated rings. The molecule has 1 aromatic carbocycles. The normalized spacial score (nSPS) is 11.6. The first-order chi connectivity index (χ1) is 9.57. The molecule has 20 heavy (non-hydrogen) atoms. The SMILES string of the molecule is CCCOc1cccc(CNCC(C)(C)CCOC)c1. The van der Waals surface area contributed by atoms with Crippen LogP contribution in [0.2, 0.25) is 0 Å². The Morgan fingerprint density at radius 2 is 2.00 bits per heavy atom. The molecule has 0 heterocycles. The van der Waals surface area contributed by atoms with Crippen LogP contribution < -0.4 is 10.1 Å². The number of methoxy groups -OCH3 is 1. The third kappa shape index (κ3) is 6.92. The highest BCUT2D eigenvalue weighted by molar-refractivity contribution is 5.28. The molecule has 0 aromatic heterocycles. The van der Waals surface area contributed by atoms with Crippen LogP contribution in [-0.2, 0) is 11.3 Å². The molecule has 114 valence electrons. The highest BCUT2D eigenvalue weighted by atomic mass is 16.5. The van der Waals surface area contributed by atoms with Crippen LogP contribution in [0.5, 0.6) is 5.75 Å². The van der Waals surface area contributed by atoms with Crippen molar-refractivity contribution >= 4 is 0 Å². The van der Waals surface area contributed by atoms with Crippen molar-refractivity contribution in [2.45, 2.75) is 40.2 Å². The van der Waals surface area contributed by atoms with E-state index in [-0.39, 0.29) is 5.41 Å². The Bertz CT molecular complexity index is 377. The number of benzene rings is 1. The van der Waals surface area contributed by atoms with Gasteiger partial charge in [0.15, 0.2) is 0 Å². The minimum atomic E-state index is 0.256. The quantitative estimate of drug-likeness (QED) is 0.709. The van der Waals surface area contributed by atoms with Gasteiger partial charge in [-0.15, -0.1) is 0 Å². The van der Waals surface area contributed by atoms with Gasteiger partial charge in [0.05, 0.1) is 6.61 Å². The number of hydrogen-bond donors (Lipinski definition) is 1. The summed E-state index contributed by atoms with van der Waals surface area (Å²) in [5.41, 5.74) is 1.52. The Kier molecular flexibility index (Phi) is 7.63. The molecule has 0 spiro atoms. The smallest absolute Gasteiger partial charge is 0.119 e. The first kappa shape index (κ1) is 17.0. The number of ether oxygens (including phenoxy) is 2. The van der Waals surface area contributed by atoms with E-state index in [0.29, 0.717) is 0 Å². The maximum absolute atomic E-state index is 5.65. The van der Waals surface area contributed by atoms with Crippen LogP contribution in [0.4, 0.5) is 0 Å². The van der Waals surface area contributed by atoms with Crippen molar-refractivity contribution in [3.63, 3.8) is 0 Å². The molecule has 0 unspecified atom stereocenters. The standard InChI is InChI=1S/C17H29NO2/c1-5-10-20-16-8-6-7-15(12-16)13-18-14-17(2,3)9-11-19-4/h6-8,12,18H,5,9-11,13-14H2,1-4H3. The third-order valence-electron chi connectivity index (χ3n) is 3.29. The lowest BCUT2D eigenvalue weighted by atomic mass is 9.89. The van der Waals surface area contributed by atoms with E-state index in [4.69, 9.17) is 9.47 Å². The summed E-state index contributed by atoms with van der Waals surface area (Å²) in [6, 6.07) is 8.32. The molecular formula is C17H29NO2. The first-order valence-corrected chi connectivity index (χ1v) is 7.49. The minimum Gasteiger partial charge on any atom is -0.494 e. The summed E-state index contributed by atoms with van der Waals surface area (Å²) in [4.78, 5) is 0. The van der Waals surface area contributed by atoms with E-state index < -0.39 is 0 Å². The molecule has 3 heteroatoms. The van der Waals surface area contributed by atoms with Crippen LogP contribution in [-0.4, -0.2) is 26.9 Å². The van der Waals surface area contributed by atoms with Gasteiger partial charge in [-0.05, 0) is 36.0 Å². The predicted molar refractivity (Wildman–Crippen MR) is 84.2 cm³/mol. The zero-order valence-electron chi connectivity index (χ0n) is 13.4. The first-order valence-electron chi connectivity index (χ1n) is 7.49. The number of hydrogen-bond acceptors (Lipinski definition) is 3. The molecule has 0 aliphatic rings. The van der Waals surface area contributed by atoms with E-state index in [9.17, 15) is 0 Å². The second-order valence-corrected chi connectivity index (χ2v) is 6.01. The molecule has 0 atom stereocenters. The lowest BCUT2D eigenvalue weighted by Gasteiger charge is -2.24. The maximum Gasteiger partial charge on any atom is 0.119 e. The van der Waals surface area contributed by atoms with Gasteiger partial charge < -0.3 is 14.8 Å². The summed E-state index contributed by atoms with van der Waals surface area (Å²) in [5.74, 6) is 0.963. The Morgan fingerprint density at radius 3 is 2.70 bits per heavy atom. The van der Waals surface area contributed by atoms with Crippen molar-refractivity contribution in [1.82, 2.24) is 5.32 Å². The van der Waals surface area contributed by atoms with E-state index in [1.165, 1.54) is 5.56 Å². The fourth-order valence-electron chi connectivity index (χ4n) is 1.98. The van der Waals surface area contributed by atoms with Crippen molar-refractivity contribution in [2.75, 3.05) is 26.9 Å². The summed E-state index contributed by atoms with van der Waals surface area (Å²) in [7, 11) is 1.76. The molecule has 3 nitrogen and oxygen atoms in total. The van der Waals surface area contributed by atoms with Crippen molar-refractivity contribution in [3.8, 4) is 5.75 Å². The summed E-state index contributed by atoms with van der Waals surface area (Å²) in [5, 5.41) is 3.52. The van der Waals surface area contributed by atoms with Gasteiger partial charge in [-0.3, -0.25) is 0 Å². The zero-order valence-corrected chi connectivity index (χ0v) is 13.4. The number of rotatable bonds is 10. The van der Waals surface area contributed by atoms with E-state index in [2.05, 4.69) is 44.3 Å². The van der Waals surface area contributed by atoms with Crippen molar-refractivity contribution in [3.05, 3.63) is 29.8 Å². The van der Waals surface area contributed by atoms with Crippen molar-refractivity contribution in [2.24, 2.45) is 5.41 Å². The fraction of sp³-hybridized carbons (Fsp3) is 0.647. The van der Waals surface area contributed by atoms with Gasteiger partial charge in [-0.1, -0.05) is 32.9 Å². The fourth-order valence-corrected chi connectivity index (χ4v) is 1.98. The summed E-state index contributed by atoms with van der Waals surface area (Å²) < 4.78 is 10.8. The van der Waals surface area contributed by atoms with Crippen molar-refractivity contribution in [1.29, 1.82) is 0 Å². The van der Waals surface area contributed by atoms with Gasteiger partial charge in [-0.2, -0.15) is 0 Å². The van der Waals surface area contributed by atoms with Crippen LogP contribution in [0, 0.1) is 5.41 Å². The zero-order chi connectivity index (χ0) is 14.8. The van der Waals surface area contributed by atoms with Crippen LogP contribution in [0.1, 0.15) is 39.2 Å². The summed E-state index contributed by atoms with van der Waals surface area (Å²) in [6.45, 7) is 10.1. The van der Waals surface area contributed by atoms with Crippen molar-refractivity contribution < 1.29 is 9.47 Å². The average molecular weight is 279 g/mol. The highest BCUT2D eigenvalue weighted by Crippen LogP contribution is 2.19. The number of nitrogens with one attached hydrogen (secondary N) is 1. The Morgan fingerprint density at radius 1 is 1.20 bits per heavy atom. The molecule has 0 saturated heterocycles. The molecule has 0 aliphatic heterocycles. The van der Waals surface area contributed by atoms with Gasteiger partial charge in [0.1, 0.15) is 5.75 Å². The second kappa shape index (κ2) is 8.98. The van der Waals surface area contributed by atoms with Crippen LogP contribution in [0.3, 0.4) is 0 Å². The van der Waals surface area contributed by atoms with Crippen LogP contribution >= 0.6 is 0 Å². The molecule has 0 amide bonds. The van der Waals surface area contributed by atoms with E-state index in [1.54, 1.807) is 7.11 Å². The molecular weight excluding hydrogens is 250 g/mol. The van der Waals surface area contributed by atoms with Gasteiger partial charge in [0.2, 0.25) is 0 Å². The van der Waals surface area contributed by atoms with Crippen LogP contribution in [0.15, 0.2) is 24.3 Å². The topological polar surface area (TPSA) is 30.5 Å². The molecule has 0 bridgehead atoms. The van der Waals surface area contributed by atoms with E-state index in [1.807, 2.05) is 6.07 Å². The van der Waals surface area contributed by atoms with Gasteiger partial charge in [0, 0.05) is 26.8 Å². The average Bonchev–Trinajstić information content (AvgIpc) is 2.43. The van der Waals surface area contributed by atoms with Gasteiger partial charge in [-0.25, -0.2) is 0 Å². The lowest BCUT2D eigenvalue weighted by molar-refractivity contribution is 0.150. The molecule has 1 aromatic rings. The summed E-state index contributed by atoms with van der Waals surface area (Å²) >= 11 is 0. The van der Waals surface area contributed by atoms with Gasteiger partial charge >= 0.3 is 0 Å². The predicted octanol–water partition coefficient (Wildman–Crippen LogP) is 3.63. The van der Waals surface area contributed by atoms with Gasteiger partial charge in [0.25, 0.3) is 0 Å². The third-order valence-corrected chi connectivity index (χ3v) is 3.29. The molecule has 1 rings (SSSR count). The second-order valence-electron chi connectivity index (χ2n) is 6.01. The monoisotopic (exact) mass is 279 g/mol. The maximum atomic E-state index is 5.65. The molecule has 1 N–H and O–H groups in total. The largest absolute Gasteiger partial charge is 0.494 e. The highest BCUT2D eigenvalue weighted by Gasteiger charge is 2.16.